The van der Waals surface area contributed by atoms with Gasteiger partial charge in [-0.15, -0.1) is 5.10 Å². The number of hydrogen-bond acceptors (Lipinski definition) is 7. The number of rotatable bonds is 5. The number of ether oxygens (including phenoxy) is 2. The number of hydrogen-bond donors (Lipinski definition) is 1. The largest absolute Gasteiger partial charge is 0.459 e. The zero-order chi connectivity index (χ0) is 18.6. The predicted octanol–water partition coefficient (Wildman–Crippen LogP) is 2.53. The summed E-state index contributed by atoms with van der Waals surface area (Å²) in [5.74, 6) is 1.13. The molecule has 0 spiro atoms. The molecule has 1 aliphatic heterocycles. The molecule has 0 aliphatic carbocycles. The molecule has 2 aromatic carbocycles. The van der Waals surface area contributed by atoms with E-state index in [1.165, 1.54) is 10.9 Å². The molecule has 1 aliphatic rings. The zero-order valence-corrected chi connectivity index (χ0v) is 14.3. The first-order chi connectivity index (χ1) is 13.2. The van der Waals surface area contributed by atoms with Gasteiger partial charge >= 0.3 is 0 Å². The minimum Gasteiger partial charge on any atom is -0.459 e. The maximum atomic E-state index is 8.94. The van der Waals surface area contributed by atoms with E-state index >= 15 is 0 Å². The molecule has 3 aromatic rings. The molecular formula is C19H16N6O2. The Morgan fingerprint density at radius 2 is 1.93 bits per heavy atom. The minimum absolute atomic E-state index is 0.145. The van der Waals surface area contributed by atoms with Gasteiger partial charge in [0.2, 0.25) is 18.6 Å². The van der Waals surface area contributed by atoms with Gasteiger partial charge < -0.3 is 15.2 Å². The van der Waals surface area contributed by atoms with Gasteiger partial charge in [-0.1, -0.05) is 30.3 Å². The van der Waals surface area contributed by atoms with Crippen molar-refractivity contribution >= 4 is 11.9 Å². The van der Waals surface area contributed by atoms with Gasteiger partial charge in [-0.3, -0.25) is 4.90 Å². The molecule has 0 radical (unpaired) electrons. The van der Waals surface area contributed by atoms with Gasteiger partial charge in [0.05, 0.1) is 23.9 Å². The lowest BCUT2D eigenvalue weighted by molar-refractivity contribution is 0.0780. The SMILES string of the molecule is N#Cc1ccc(-n2nc(N(Cc3ccccc3)C3=COCO3)nc2N)cc1. The van der Waals surface area contributed by atoms with Crippen molar-refractivity contribution in [3.8, 4) is 11.8 Å². The van der Waals surface area contributed by atoms with Crippen LogP contribution in [-0.2, 0) is 16.0 Å². The summed E-state index contributed by atoms with van der Waals surface area (Å²) in [6, 6.07) is 18.9. The third-order valence-electron chi connectivity index (χ3n) is 4.01. The average molecular weight is 360 g/mol. The molecular weight excluding hydrogens is 344 g/mol. The molecule has 0 amide bonds. The topological polar surface area (TPSA) is 102 Å². The molecule has 4 rings (SSSR count). The second-order valence-corrected chi connectivity index (χ2v) is 5.80. The van der Waals surface area contributed by atoms with Crippen LogP contribution in [0.2, 0.25) is 0 Å². The van der Waals surface area contributed by atoms with Crippen LogP contribution in [0.5, 0.6) is 0 Å². The van der Waals surface area contributed by atoms with Crippen LogP contribution in [0.4, 0.5) is 11.9 Å². The fourth-order valence-electron chi connectivity index (χ4n) is 2.68. The molecule has 1 aromatic heterocycles. The summed E-state index contributed by atoms with van der Waals surface area (Å²) in [5.41, 5.74) is 8.41. The quantitative estimate of drug-likeness (QED) is 0.746. The maximum Gasteiger partial charge on any atom is 0.254 e. The summed E-state index contributed by atoms with van der Waals surface area (Å²) in [6.07, 6.45) is 1.53. The number of nitrogens with two attached hydrogens (primary N) is 1. The molecule has 2 N–H and O–H groups in total. The summed E-state index contributed by atoms with van der Waals surface area (Å²) >= 11 is 0. The Labute approximate surface area is 155 Å². The Balaban J connectivity index is 1.69. The highest BCUT2D eigenvalue weighted by atomic mass is 16.7. The van der Waals surface area contributed by atoms with E-state index in [1.807, 2.05) is 30.3 Å². The van der Waals surface area contributed by atoms with Crippen LogP contribution < -0.4 is 10.6 Å². The van der Waals surface area contributed by atoms with E-state index in [1.54, 1.807) is 29.2 Å². The van der Waals surface area contributed by atoms with Crippen molar-refractivity contribution in [2.75, 3.05) is 17.4 Å². The summed E-state index contributed by atoms with van der Waals surface area (Å²) in [4.78, 5) is 6.18. The van der Waals surface area contributed by atoms with Gasteiger partial charge in [0.1, 0.15) is 6.26 Å². The third-order valence-corrected chi connectivity index (χ3v) is 4.01. The van der Waals surface area contributed by atoms with Gasteiger partial charge in [0.15, 0.2) is 0 Å². The van der Waals surface area contributed by atoms with Gasteiger partial charge in [-0.05, 0) is 29.8 Å². The first-order valence-electron chi connectivity index (χ1n) is 8.24. The monoisotopic (exact) mass is 360 g/mol. The highest BCUT2D eigenvalue weighted by molar-refractivity contribution is 5.47. The zero-order valence-electron chi connectivity index (χ0n) is 14.3. The second-order valence-electron chi connectivity index (χ2n) is 5.80. The van der Waals surface area contributed by atoms with Crippen LogP contribution in [0.3, 0.4) is 0 Å². The normalized spacial score (nSPS) is 12.6. The highest BCUT2D eigenvalue weighted by Crippen LogP contribution is 2.24. The fraction of sp³-hybridized carbons (Fsp3) is 0.105. The predicted molar refractivity (Wildman–Crippen MR) is 98.2 cm³/mol. The summed E-state index contributed by atoms with van der Waals surface area (Å²) in [6.45, 7) is 0.638. The lowest BCUT2D eigenvalue weighted by Gasteiger charge is -2.20. The lowest BCUT2D eigenvalue weighted by Crippen LogP contribution is -2.23. The van der Waals surface area contributed by atoms with Gasteiger partial charge in [-0.2, -0.15) is 14.9 Å². The molecule has 0 atom stereocenters. The van der Waals surface area contributed by atoms with Crippen LogP contribution in [0.15, 0.2) is 66.7 Å². The standard InChI is InChI=1S/C19H16N6O2/c20-10-14-6-8-16(9-7-14)25-18(21)22-19(23-25)24(17-12-26-13-27-17)11-15-4-2-1-3-5-15/h1-9,12H,11,13H2,(H2,21,22,23). The highest BCUT2D eigenvalue weighted by Gasteiger charge is 2.23. The van der Waals surface area contributed by atoms with E-state index in [0.717, 1.165) is 5.56 Å². The van der Waals surface area contributed by atoms with Crippen LogP contribution in [0, 0.1) is 11.3 Å². The van der Waals surface area contributed by atoms with E-state index in [2.05, 4.69) is 16.2 Å². The maximum absolute atomic E-state index is 8.94. The van der Waals surface area contributed by atoms with Crippen LogP contribution in [-0.4, -0.2) is 21.6 Å². The Morgan fingerprint density at radius 3 is 2.59 bits per heavy atom. The number of nitrogen functional groups attached to an aromatic ring is 1. The Kier molecular flexibility index (Phi) is 4.33. The molecule has 134 valence electrons. The van der Waals surface area contributed by atoms with E-state index < -0.39 is 0 Å². The molecule has 0 saturated carbocycles. The molecule has 0 saturated heterocycles. The summed E-state index contributed by atoms with van der Waals surface area (Å²) in [7, 11) is 0. The first kappa shape index (κ1) is 16.5. The van der Waals surface area contributed by atoms with Crippen molar-refractivity contribution in [1.82, 2.24) is 14.8 Å². The number of aromatic nitrogens is 3. The van der Waals surface area contributed by atoms with E-state index in [-0.39, 0.29) is 12.7 Å². The Hall–Kier alpha value is -3.99. The third kappa shape index (κ3) is 3.39. The van der Waals surface area contributed by atoms with E-state index in [9.17, 15) is 0 Å². The summed E-state index contributed by atoms with van der Waals surface area (Å²) in [5, 5.41) is 13.5. The summed E-state index contributed by atoms with van der Waals surface area (Å²) < 4.78 is 12.2. The molecule has 0 bridgehead atoms. The van der Waals surface area contributed by atoms with Crippen molar-refractivity contribution < 1.29 is 9.47 Å². The molecule has 8 nitrogen and oxygen atoms in total. The van der Waals surface area contributed by atoms with E-state index in [0.29, 0.717) is 29.6 Å². The van der Waals surface area contributed by atoms with Crippen molar-refractivity contribution in [3.63, 3.8) is 0 Å². The van der Waals surface area contributed by atoms with Crippen LogP contribution in [0.1, 0.15) is 11.1 Å². The molecule has 27 heavy (non-hydrogen) atoms. The number of anilines is 2. The molecule has 8 heteroatoms. The van der Waals surface area contributed by atoms with Gasteiger partial charge in [-0.25, -0.2) is 0 Å². The van der Waals surface area contributed by atoms with E-state index in [4.69, 9.17) is 20.5 Å². The fourth-order valence-corrected chi connectivity index (χ4v) is 2.68. The first-order valence-corrected chi connectivity index (χ1v) is 8.24. The number of nitriles is 1. The lowest BCUT2D eigenvalue weighted by atomic mass is 10.2. The molecule has 0 unspecified atom stereocenters. The van der Waals surface area contributed by atoms with Gasteiger partial charge in [0.25, 0.3) is 5.95 Å². The number of nitrogens with zero attached hydrogens (tertiary/aromatic N) is 5. The molecule has 2 heterocycles. The molecule has 0 fully saturated rings. The van der Waals surface area contributed by atoms with Gasteiger partial charge in [0, 0.05) is 0 Å². The minimum atomic E-state index is 0.145. The Bertz CT molecular complexity index is 1000. The Morgan fingerprint density at radius 1 is 1.15 bits per heavy atom. The van der Waals surface area contributed by atoms with Crippen molar-refractivity contribution in [2.24, 2.45) is 0 Å². The number of benzene rings is 2. The van der Waals surface area contributed by atoms with Crippen molar-refractivity contribution in [1.29, 1.82) is 5.26 Å². The van der Waals surface area contributed by atoms with Crippen molar-refractivity contribution in [2.45, 2.75) is 6.54 Å². The second kappa shape index (κ2) is 7.09. The average Bonchev–Trinajstić information content (AvgIpc) is 3.37. The van der Waals surface area contributed by atoms with Crippen LogP contribution in [0.25, 0.3) is 5.69 Å². The smallest absolute Gasteiger partial charge is 0.254 e. The van der Waals surface area contributed by atoms with Crippen molar-refractivity contribution in [3.05, 3.63) is 77.9 Å². The van der Waals surface area contributed by atoms with Crippen LogP contribution >= 0.6 is 0 Å².